The molecule has 0 amide bonds. The summed E-state index contributed by atoms with van der Waals surface area (Å²) in [6, 6.07) is 0. The van der Waals surface area contributed by atoms with Gasteiger partial charge in [-0.15, -0.1) is 0 Å². The first kappa shape index (κ1) is 28.2. The van der Waals surface area contributed by atoms with E-state index in [4.69, 9.17) is 24.5 Å². The fourth-order valence-corrected chi connectivity index (χ4v) is 3.52. The second-order valence-electron chi connectivity index (χ2n) is 4.03. The Kier molecular flexibility index (Phi) is 16.3. The summed E-state index contributed by atoms with van der Waals surface area (Å²) in [5, 5.41) is 0. The molecule has 0 spiro atoms. The van der Waals surface area contributed by atoms with Gasteiger partial charge in [0.05, 0.1) is 0 Å². The largest absolute Gasteiger partial charge is 1.00 e. The van der Waals surface area contributed by atoms with Crippen LogP contribution in [0.4, 0.5) is 0 Å². The van der Waals surface area contributed by atoms with Crippen molar-refractivity contribution in [2.45, 2.75) is 39.5 Å². The molecule has 1 atom stereocenters. The van der Waals surface area contributed by atoms with E-state index in [2.05, 4.69) is 29.4 Å². The zero-order chi connectivity index (χ0) is 17.3. The maximum atomic E-state index is 10.4. The Hall–Kier alpha value is 1.41. The molecular weight excluding hydrogens is 372 g/mol. The molecule has 10 nitrogen and oxygen atoms in total. The third-order valence-electron chi connectivity index (χ3n) is 1.96. The topological polar surface area (TPSA) is 171 Å². The van der Waals surface area contributed by atoms with Crippen molar-refractivity contribution in [3.63, 3.8) is 0 Å². The Morgan fingerprint density at radius 3 is 1.55 bits per heavy atom. The summed E-state index contributed by atoms with van der Waals surface area (Å²) in [4.78, 5) is 40.2. The molecule has 0 aliphatic carbocycles. The van der Waals surface area contributed by atoms with Crippen molar-refractivity contribution in [1.82, 2.24) is 0 Å². The SMILES string of the molecule is O=P(O)(O)OP(=O)(O)OP(=O)(O)O.[CH2-]C(CC)CCCC.[Na+]. The second-order valence-corrected chi connectivity index (χ2v) is 8.24. The van der Waals surface area contributed by atoms with Gasteiger partial charge in [0.25, 0.3) is 0 Å². The van der Waals surface area contributed by atoms with E-state index in [9.17, 15) is 13.7 Å². The molecule has 14 heteroatoms. The van der Waals surface area contributed by atoms with Gasteiger partial charge in [0.15, 0.2) is 0 Å². The van der Waals surface area contributed by atoms with E-state index >= 15 is 0 Å². The monoisotopic (exact) mass is 394 g/mol. The molecular formula is C8H22NaO10P3. The molecule has 0 bridgehead atoms. The van der Waals surface area contributed by atoms with Gasteiger partial charge >= 0.3 is 53.0 Å². The van der Waals surface area contributed by atoms with Crippen LogP contribution in [0.2, 0.25) is 0 Å². The molecule has 0 radical (unpaired) electrons. The molecule has 0 aromatic rings. The van der Waals surface area contributed by atoms with Crippen LogP contribution in [-0.2, 0) is 22.3 Å². The van der Waals surface area contributed by atoms with Crippen LogP contribution < -0.4 is 29.6 Å². The third-order valence-corrected chi connectivity index (χ3v) is 5.32. The Balaban J connectivity index is -0.000000348. The van der Waals surface area contributed by atoms with E-state index < -0.39 is 23.5 Å². The van der Waals surface area contributed by atoms with Gasteiger partial charge in [0.1, 0.15) is 0 Å². The molecule has 0 aliphatic heterocycles. The van der Waals surface area contributed by atoms with Gasteiger partial charge in [0.2, 0.25) is 0 Å². The van der Waals surface area contributed by atoms with Crippen LogP contribution in [0.3, 0.4) is 0 Å². The summed E-state index contributed by atoms with van der Waals surface area (Å²) in [6.45, 7) is 8.42. The minimum atomic E-state index is -5.46. The van der Waals surface area contributed by atoms with Crippen LogP contribution in [0.5, 0.6) is 0 Å². The van der Waals surface area contributed by atoms with Crippen LogP contribution in [0.1, 0.15) is 39.5 Å². The summed E-state index contributed by atoms with van der Waals surface area (Å²) < 4.78 is 36.4. The van der Waals surface area contributed by atoms with Crippen LogP contribution in [0.25, 0.3) is 0 Å². The molecule has 0 saturated heterocycles. The first-order chi connectivity index (χ1) is 9.22. The van der Waals surface area contributed by atoms with Gasteiger partial charge < -0.3 is 31.4 Å². The quantitative estimate of drug-likeness (QED) is 0.202. The number of hydrogen-bond donors (Lipinski definition) is 5. The van der Waals surface area contributed by atoms with Crippen molar-refractivity contribution in [2.75, 3.05) is 0 Å². The minimum Gasteiger partial charge on any atom is -0.340 e. The smallest absolute Gasteiger partial charge is 0.340 e. The Bertz CT molecular complexity index is 390. The van der Waals surface area contributed by atoms with E-state index in [0.717, 1.165) is 0 Å². The summed E-state index contributed by atoms with van der Waals surface area (Å²) >= 11 is 0. The summed E-state index contributed by atoms with van der Waals surface area (Å²) in [6.07, 6.45) is 5.21. The normalized spacial score (nSPS) is 13.6. The van der Waals surface area contributed by atoms with Crippen molar-refractivity contribution < 1.29 is 76.3 Å². The summed E-state index contributed by atoms with van der Waals surface area (Å²) in [5.41, 5.74) is 0. The molecule has 0 fully saturated rings. The van der Waals surface area contributed by atoms with Gasteiger partial charge in [-0.05, 0) is 0 Å². The van der Waals surface area contributed by atoms with Crippen LogP contribution in [0.15, 0.2) is 0 Å². The number of unbranched alkanes of at least 4 members (excludes halogenated alkanes) is 1. The second kappa shape index (κ2) is 12.7. The molecule has 0 heterocycles. The average molecular weight is 394 g/mol. The standard InChI is InChI=1S/C8H17.Na.H5O10P3/c1-4-6-7-8(3)5-2;;1-11(2,3)9-13(7,8)10-12(4,5)6/h8H,3-7H2,1-2H3;;(H,7,8)(H2,1,2,3)(H2,4,5,6)/q-1;+1;. The Labute approximate surface area is 152 Å². The molecule has 0 rings (SSSR count). The van der Waals surface area contributed by atoms with E-state index in [1.165, 1.54) is 25.7 Å². The van der Waals surface area contributed by atoms with E-state index in [1.807, 2.05) is 0 Å². The van der Waals surface area contributed by atoms with Crippen molar-refractivity contribution >= 4 is 23.5 Å². The first-order valence-corrected chi connectivity index (χ1v) is 10.5. The van der Waals surface area contributed by atoms with Gasteiger partial charge in [-0.3, -0.25) is 0 Å². The Morgan fingerprint density at radius 2 is 1.32 bits per heavy atom. The number of rotatable bonds is 8. The molecule has 5 N–H and O–H groups in total. The van der Waals surface area contributed by atoms with Crippen molar-refractivity contribution in [1.29, 1.82) is 0 Å². The van der Waals surface area contributed by atoms with Gasteiger partial charge in [-0.1, -0.05) is 39.5 Å². The van der Waals surface area contributed by atoms with Crippen LogP contribution in [0, 0.1) is 12.8 Å². The first-order valence-electron chi connectivity index (χ1n) is 5.92. The zero-order valence-corrected chi connectivity index (χ0v) is 17.4. The molecule has 1 unspecified atom stereocenters. The molecule has 22 heavy (non-hydrogen) atoms. The molecule has 0 aromatic heterocycles. The van der Waals surface area contributed by atoms with Crippen molar-refractivity contribution in [3.05, 3.63) is 6.92 Å². The Morgan fingerprint density at radius 1 is 0.955 bits per heavy atom. The third kappa shape index (κ3) is 23.7. The molecule has 0 aromatic carbocycles. The van der Waals surface area contributed by atoms with Crippen LogP contribution >= 0.6 is 23.5 Å². The molecule has 130 valence electrons. The van der Waals surface area contributed by atoms with E-state index in [-0.39, 0.29) is 29.6 Å². The van der Waals surface area contributed by atoms with E-state index in [0.29, 0.717) is 5.92 Å². The van der Waals surface area contributed by atoms with E-state index in [1.54, 1.807) is 0 Å². The van der Waals surface area contributed by atoms with Gasteiger partial charge in [-0.25, -0.2) is 13.7 Å². The fourth-order valence-electron chi connectivity index (χ4n) is 0.981. The minimum absolute atomic E-state index is 0. The predicted molar refractivity (Wildman–Crippen MR) is 74.7 cm³/mol. The average Bonchev–Trinajstić information content (AvgIpc) is 2.19. The van der Waals surface area contributed by atoms with Crippen molar-refractivity contribution in [3.8, 4) is 0 Å². The summed E-state index contributed by atoms with van der Waals surface area (Å²) in [5.74, 6) is 0.704. The maximum Gasteiger partial charge on any atom is 1.00 e. The van der Waals surface area contributed by atoms with Crippen molar-refractivity contribution in [2.24, 2.45) is 5.92 Å². The number of phosphoric acid groups is 3. The summed E-state index contributed by atoms with van der Waals surface area (Å²) in [7, 11) is -16.2. The number of hydrogen-bond acceptors (Lipinski definition) is 5. The van der Waals surface area contributed by atoms with Crippen LogP contribution in [-0.4, -0.2) is 24.5 Å². The fraction of sp³-hybridized carbons (Fsp3) is 0.875. The van der Waals surface area contributed by atoms with Gasteiger partial charge in [0, 0.05) is 0 Å². The molecule has 0 aliphatic rings. The maximum absolute atomic E-state index is 10.4. The zero-order valence-electron chi connectivity index (χ0n) is 12.7. The van der Waals surface area contributed by atoms with Gasteiger partial charge in [-0.2, -0.15) is 14.5 Å². The predicted octanol–water partition coefficient (Wildman–Crippen LogP) is -0.654. The molecule has 0 saturated carbocycles.